The lowest BCUT2D eigenvalue weighted by atomic mass is 10.0. The van der Waals surface area contributed by atoms with Gasteiger partial charge in [0.15, 0.2) is 0 Å². The average molecular weight is 304 g/mol. The fraction of sp³-hybridized carbons (Fsp3) is 0.235. The van der Waals surface area contributed by atoms with Crippen LogP contribution in [0.4, 0.5) is 4.39 Å². The van der Waals surface area contributed by atoms with Gasteiger partial charge in [0.05, 0.1) is 12.2 Å². The minimum Gasteiger partial charge on any atom is -0.493 e. The van der Waals surface area contributed by atoms with Gasteiger partial charge in [-0.2, -0.15) is 0 Å². The third kappa shape index (κ3) is 4.05. The van der Waals surface area contributed by atoms with Crippen molar-refractivity contribution in [2.24, 2.45) is 0 Å². The summed E-state index contributed by atoms with van der Waals surface area (Å²) in [6, 6.07) is 10.6. The van der Waals surface area contributed by atoms with Crippen molar-refractivity contribution in [3.63, 3.8) is 0 Å². The number of benzene rings is 2. The van der Waals surface area contributed by atoms with E-state index in [2.05, 4.69) is 0 Å². The van der Waals surface area contributed by atoms with Crippen LogP contribution in [0, 0.1) is 5.82 Å². The van der Waals surface area contributed by atoms with Crippen molar-refractivity contribution in [3.8, 4) is 16.9 Å². The van der Waals surface area contributed by atoms with Gasteiger partial charge in [-0.25, -0.2) is 9.18 Å². The Labute approximate surface area is 127 Å². The smallest absolute Gasteiger partial charge is 0.335 e. The van der Waals surface area contributed by atoms with E-state index in [1.165, 1.54) is 18.2 Å². The van der Waals surface area contributed by atoms with Crippen LogP contribution in [-0.4, -0.2) is 29.4 Å². The van der Waals surface area contributed by atoms with Gasteiger partial charge in [-0.3, -0.25) is 0 Å². The predicted molar refractivity (Wildman–Crippen MR) is 80.6 cm³/mol. The number of rotatable bonds is 7. The summed E-state index contributed by atoms with van der Waals surface area (Å²) >= 11 is 0. The molecule has 0 atom stereocenters. The number of carbonyl (C=O) groups is 1. The number of carboxylic acids is 1. The molecule has 0 radical (unpaired) electrons. The molecule has 116 valence electrons. The first kappa shape index (κ1) is 16.0. The van der Waals surface area contributed by atoms with E-state index in [-0.39, 0.29) is 12.2 Å². The molecule has 0 bridgehead atoms. The Bertz CT molecular complexity index is 638. The second-order valence-corrected chi connectivity index (χ2v) is 4.80. The first-order valence-electron chi connectivity index (χ1n) is 6.99. The second kappa shape index (κ2) is 7.56. The van der Waals surface area contributed by atoms with E-state index in [9.17, 15) is 9.18 Å². The van der Waals surface area contributed by atoms with Gasteiger partial charge in [0.25, 0.3) is 0 Å². The van der Waals surface area contributed by atoms with E-state index in [1.54, 1.807) is 24.3 Å². The zero-order valence-corrected chi connectivity index (χ0v) is 12.0. The number of hydrogen-bond donors (Lipinski definition) is 2. The summed E-state index contributed by atoms with van der Waals surface area (Å²) in [5.41, 5.74) is 1.15. The summed E-state index contributed by atoms with van der Waals surface area (Å²) in [7, 11) is 0. The van der Waals surface area contributed by atoms with Gasteiger partial charge in [-0.05, 0) is 42.7 Å². The van der Waals surface area contributed by atoms with Crippen LogP contribution in [0.5, 0.6) is 5.75 Å². The Morgan fingerprint density at radius 1 is 1.09 bits per heavy atom. The Kier molecular flexibility index (Phi) is 5.49. The molecule has 0 amide bonds. The maximum atomic E-state index is 14.1. The molecule has 0 spiro atoms. The number of carboxylic acid groups (broad SMARTS) is 1. The van der Waals surface area contributed by atoms with Gasteiger partial charge in [0, 0.05) is 18.2 Å². The van der Waals surface area contributed by atoms with Crippen molar-refractivity contribution in [2.45, 2.75) is 12.8 Å². The zero-order valence-electron chi connectivity index (χ0n) is 12.0. The molecule has 0 fully saturated rings. The molecule has 2 aromatic carbocycles. The van der Waals surface area contributed by atoms with E-state index < -0.39 is 11.8 Å². The summed E-state index contributed by atoms with van der Waals surface area (Å²) in [5.74, 6) is -1.01. The largest absolute Gasteiger partial charge is 0.493 e. The van der Waals surface area contributed by atoms with Crippen LogP contribution in [0.25, 0.3) is 11.1 Å². The number of ether oxygens (including phenoxy) is 1. The lowest BCUT2D eigenvalue weighted by Gasteiger charge is -2.09. The summed E-state index contributed by atoms with van der Waals surface area (Å²) in [5, 5.41) is 17.5. The van der Waals surface area contributed by atoms with Crippen molar-refractivity contribution in [1.82, 2.24) is 0 Å². The second-order valence-electron chi connectivity index (χ2n) is 4.80. The molecule has 2 N–H and O–H groups in total. The highest BCUT2D eigenvalue weighted by Crippen LogP contribution is 2.26. The highest BCUT2D eigenvalue weighted by molar-refractivity contribution is 5.88. The standard InChI is InChI=1S/C17H17FO4/c18-16-11-14(22-10-2-1-9-19)7-8-15(16)12-3-5-13(6-4-12)17(20)21/h3-8,11,19H,1-2,9-10H2,(H,20,21). The van der Waals surface area contributed by atoms with Gasteiger partial charge in [0.1, 0.15) is 11.6 Å². The zero-order chi connectivity index (χ0) is 15.9. The number of aliphatic hydroxyl groups is 1. The summed E-state index contributed by atoms with van der Waals surface area (Å²) in [6.45, 7) is 0.537. The quantitative estimate of drug-likeness (QED) is 0.770. The molecule has 2 aromatic rings. The van der Waals surface area contributed by atoms with Crippen LogP contribution in [0.2, 0.25) is 0 Å². The predicted octanol–water partition coefficient (Wildman–Crippen LogP) is 3.34. The molecular weight excluding hydrogens is 287 g/mol. The topological polar surface area (TPSA) is 66.8 Å². The first-order valence-corrected chi connectivity index (χ1v) is 6.99. The third-order valence-electron chi connectivity index (χ3n) is 3.20. The Balaban J connectivity index is 2.10. The van der Waals surface area contributed by atoms with Crippen molar-refractivity contribution < 1.29 is 24.1 Å². The minimum absolute atomic E-state index is 0.114. The average Bonchev–Trinajstić information content (AvgIpc) is 2.52. The summed E-state index contributed by atoms with van der Waals surface area (Å²) in [4.78, 5) is 10.8. The van der Waals surface area contributed by atoms with Gasteiger partial charge in [-0.15, -0.1) is 0 Å². The minimum atomic E-state index is -1.02. The van der Waals surface area contributed by atoms with Crippen LogP contribution in [0.1, 0.15) is 23.2 Å². The number of hydrogen-bond acceptors (Lipinski definition) is 3. The van der Waals surface area contributed by atoms with E-state index in [1.807, 2.05) is 0 Å². The SMILES string of the molecule is O=C(O)c1ccc(-c2ccc(OCCCCO)cc2F)cc1. The van der Waals surface area contributed by atoms with E-state index in [0.717, 1.165) is 0 Å². The number of unbranched alkanes of at least 4 members (excludes halogenated alkanes) is 1. The van der Waals surface area contributed by atoms with Crippen molar-refractivity contribution in [2.75, 3.05) is 13.2 Å². The molecule has 2 rings (SSSR count). The van der Waals surface area contributed by atoms with Crippen LogP contribution in [0.15, 0.2) is 42.5 Å². The van der Waals surface area contributed by atoms with Crippen LogP contribution >= 0.6 is 0 Å². The van der Waals surface area contributed by atoms with Gasteiger partial charge in [0.2, 0.25) is 0 Å². The van der Waals surface area contributed by atoms with Crippen molar-refractivity contribution >= 4 is 5.97 Å². The molecule has 0 aromatic heterocycles. The Morgan fingerprint density at radius 3 is 2.41 bits per heavy atom. The molecule has 0 unspecified atom stereocenters. The normalized spacial score (nSPS) is 10.5. The molecule has 0 aliphatic carbocycles. The highest BCUT2D eigenvalue weighted by atomic mass is 19.1. The molecule has 0 heterocycles. The number of halogens is 1. The number of aliphatic hydroxyl groups excluding tert-OH is 1. The van der Waals surface area contributed by atoms with E-state index in [0.29, 0.717) is 36.3 Å². The maximum Gasteiger partial charge on any atom is 0.335 e. The summed E-state index contributed by atoms with van der Waals surface area (Å²) < 4.78 is 19.5. The van der Waals surface area contributed by atoms with Crippen LogP contribution in [0.3, 0.4) is 0 Å². The summed E-state index contributed by atoms with van der Waals surface area (Å²) in [6.07, 6.45) is 1.35. The van der Waals surface area contributed by atoms with Crippen LogP contribution in [-0.2, 0) is 0 Å². The monoisotopic (exact) mass is 304 g/mol. The molecule has 4 nitrogen and oxygen atoms in total. The molecule has 0 saturated heterocycles. The molecule has 22 heavy (non-hydrogen) atoms. The number of aromatic carboxylic acids is 1. The Hall–Kier alpha value is -2.40. The van der Waals surface area contributed by atoms with E-state index >= 15 is 0 Å². The van der Waals surface area contributed by atoms with Crippen molar-refractivity contribution in [3.05, 3.63) is 53.8 Å². The van der Waals surface area contributed by atoms with E-state index in [4.69, 9.17) is 14.9 Å². The molecule has 0 aliphatic rings. The van der Waals surface area contributed by atoms with Crippen LogP contribution < -0.4 is 4.74 Å². The van der Waals surface area contributed by atoms with Gasteiger partial charge in [-0.1, -0.05) is 12.1 Å². The fourth-order valence-electron chi connectivity index (χ4n) is 2.02. The molecule has 0 aliphatic heterocycles. The van der Waals surface area contributed by atoms with Gasteiger partial charge < -0.3 is 14.9 Å². The third-order valence-corrected chi connectivity index (χ3v) is 3.20. The van der Waals surface area contributed by atoms with Crippen molar-refractivity contribution in [1.29, 1.82) is 0 Å². The molecular formula is C17H17FO4. The maximum absolute atomic E-state index is 14.1. The lowest BCUT2D eigenvalue weighted by Crippen LogP contribution is -1.99. The molecule has 0 saturated carbocycles. The fourth-order valence-corrected chi connectivity index (χ4v) is 2.02. The molecule has 5 heteroatoms. The lowest BCUT2D eigenvalue weighted by molar-refractivity contribution is 0.0697. The van der Waals surface area contributed by atoms with Gasteiger partial charge >= 0.3 is 5.97 Å². The first-order chi connectivity index (χ1) is 10.6. The Morgan fingerprint density at radius 2 is 1.82 bits per heavy atom. The highest BCUT2D eigenvalue weighted by Gasteiger charge is 2.08.